The molecule has 0 fully saturated rings. The average molecular weight is 737 g/mol. The number of rotatable bonds is 38. The van der Waals surface area contributed by atoms with Gasteiger partial charge in [0.05, 0.1) is 6.61 Å². The summed E-state index contributed by atoms with van der Waals surface area (Å²) in [5.41, 5.74) is 0. The number of unbranched alkanes of at least 4 members (excludes halogenated alkanes) is 16. The average Bonchev–Trinajstić information content (AvgIpc) is 3.16. The third kappa shape index (κ3) is 41.7. The topological polar surface area (TPSA) is 72.8 Å². The first-order valence-electron chi connectivity index (χ1n) is 21.6. The Kier molecular flexibility index (Phi) is 41.1. The quantitative estimate of drug-likeness (QED) is 0.0388. The van der Waals surface area contributed by atoms with E-state index in [9.17, 15) is 14.7 Å². The maximum absolute atomic E-state index is 12.2. The molecule has 0 spiro atoms. The van der Waals surface area contributed by atoms with E-state index in [-0.39, 0.29) is 25.2 Å². The molecule has 5 heteroatoms. The van der Waals surface area contributed by atoms with Crippen molar-refractivity contribution in [2.24, 2.45) is 0 Å². The van der Waals surface area contributed by atoms with Crippen molar-refractivity contribution in [3.05, 3.63) is 85.1 Å². The summed E-state index contributed by atoms with van der Waals surface area (Å²) in [7, 11) is 0. The van der Waals surface area contributed by atoms with Gasteiger partial charge < -0.3 is 14.6 Å². The van der Waals surface area contributed by atoms with Crippen LogP contribution in [0.4, 0.5) is 0 Å². The first kappa shape index (κ1) is 50.1. The van der Waals surface area contributed by atoms with Gasteiger partial charge in [-0.05, 0) is 89.9 Å². The molecule has 0 amide bonds. The van der Waals surface area contributed by atoms with Gasteiger partial charge in [-0.1, -0.05) is 170 Å². The number of hydrogen-bond donors (Lipinski definition) is 1. The lowest BCUT2D eigenvalue weighted by Gasteiger charge is -2.15. The monoisotopic (exact) mass is 737 g/mol. The Hall–Kier alpha value is -2.92. The number of ether oxygens (including phenoxy) is 2. The van der Waals surface area contributed by atoms with Crippen molar-refractivity contribution in [3.8, 4) is 0 Å². The number of allylic oxidation sites excluding steroid dienone is 14. The fraction of sp³-hybridized carbons (Fsp3) is 0.667. The lowest BCUT2D eigenvalue weighted by Crippen LogP contribution is -2.28. The minimum Gasteiger partial charge on any atom is -0.462 e. The molecular formula is C48H80O5. The molecule has 0 saturated heterocycles. The van der Waals surface area contributed by atoms with Crippen molar-refractivity contribution in [2.75, 3.05) is 13.2 Å². The Bertz CT molecular complexity index is 1010. The second-order valence-electron chi connectivity index (χ2n) is 14.0. The van der Waals surface area contributed by atoms with Gasteiger partial charge in [-0.25, -0.2) is 0 Å². The molecule has 0 aliphatic rings. The highest BCUT2D eigenvalue weighted by Gasteiger charge is 2.16. The summed E-state index contributed by atoms with van der Waals surface area (Å²) in [6.07, 6.45) is 59.4. The molecule has 0 aliphatic carbocycles. The predicted molar refractivity (Wildman–Crippen MR) is 228 cm³/mol. The SMILES string of the molecule is CC/C=C\C/C=C\C/C=C\C/C=C\C/C=C\C/C=C\CCCCC(=O)OC(CO)COC(=O)CCCCCCCCC/C=C\CCCCCCCCC. The molecule has 302 valence electrons. The third-order valence-electron chi connectivity index (χ3n) is 8.92. The number of hydrogen-bond acceptors (Lipinski definition) is 5. The van der Waals surface area contributed by atoms with Gasteiger partial charge in [0.25, 0.3) is 0 Å². The molecule has 0 rings (SSSR count). The summed E-state index contributed by atoms with van der Waals surface area (Å²) in [6.45, 7) is 3.98. The molecule has 0 saturated carbocycles. The minimum atomic E-state index is -0.801. The van der Waals surface area contributed by atoms with Crippen LogP contribution >= 0.6 is 0 Å². The van der Waals surface area contributed by atoms with Gasteiger partial charge in [-0.3, -0.25) is 9.59 Å². The lowest BCUT2D eigenvalue weighted by atomic mass is 10.1. The number of carbonyl (C=O) groups excluding carboxylic acids is 2. The molecule has 53 heavy (non-hydrogen) atoms. The van der Waals surface area contributed by atoms with Gasteiger partial charge in [0, 0.05) is 12.8 Å². The molecule has 1 N–H and O–H groups in total. The van der Waals surface area contributed by atoms with Crippen LogP contribution in [0.2, 0.25) is 0 Å². The highest BCUT2D eigenvalue weighted by molar-refractivity contribution is 5.70. The van der Waals surface area contributed by atoms with Crippen LogP contribution in [-0.2, 0) is 19.1 Å². The van der Waals surface area contributed by atoms with E-state index in [1.54, 1.807) is 0 Å². The largest absolute Gasteiger partial charge is 0.462 e. The van der Waals surface area contributed by atoms with Crippen molar-refractivity contribution in [1.29, 1.82) is 0 Å². The van der Waals surface area contributed by atoms with Gasteiger partial charge in [0.2, 0.25) is 0 Å². The summed E-state index contributed by atoms with van der Waals surface area (Å²) in [4.78, 5) is 24.3. The Morgan fingerprint density at radius 2 is 0.811 bits per heavy atom. The zero-order valence-electron chi connectivity index (χ0n) is 34.2. The molecule has 0 aromatic carbocycles. The molecule has 5 nitrogen and oxygen atoms in total. The molecule has 1 unspecified atom stereocenters. The van der Waals surface area contributed by atoms with E-state index in [0.29, 0.717) is 12.8 Å². The first-order valence-corrected chi connectivity index (χ1v) is 21.6. The zero-order valence-corrected chi connectivity index (χ0v) is 34.2. The molecular weight excluding hydrogens is 657 g/mol. The van der Waals surface area contributed by atoms with Crippen LogP contribution in [0.25, 0.3) is 0 Å². The second kappa shape index (κ2) is 43.5. The highest BCUT2D eigenvalue weighted by atomic mass is 16.6. The van der Waals surface area contributed by atoms with Crippen molar-refractivity contribution in [1.82, 2.24) is 0 Å². The fourth-order valence-corrected chi connectivity index (χ4v) is 5.67. The zero-order chi connectivity index (χ0) is 38.6. The molecule has 0 radical (unpaired) electrons. The van der Waals surface area contributed by atoms with Crippen molar-refractivity contribution in [2.45, 2.75) is 193 Å². The third-order valence-corrected chi connectivity index (χ3v) is 8.92. The first-order chi connectivity index (χ1) is 26.1. The van der Waals surface area contributed by atoms with E-state index in [2.05, 4.69) is 98.9 Å². The van der Waals surface area contributed by atoms with E-state index in [1.165, 1.54) is 83.5 Å². The maximum Gasteiger partial charge on any atom is 0.306 e. The number of aliphatic hydroxyl groups excluding tert-OH is 1. The standard InChI is InChI=1S/C48H80O5/c1-3-5-7-9-11-13-15-17-19-21-23-24-25-27-29-31-33-35-37-39-41-43-48(51)53-46(44-49)45-52-47(50)42-40-38-36-34-32-30-28-26-22-20-18-16-14-12-10-8-6-4-2/h5,7,11,13,17,19-20,22-24,27,29,33,35,46,49H,3-4,6,8-10,12,14-16,18,21,25-26,28,30-32,34,36-45H2,1-2H3/b7-5-,13-11-,19-17-,22-20-,24-23-,29-27-,35-33-. The van der Waals surface area contributed by atoms with E-state index in [4.69, 9.17) is 9.47 Å². The van der Waals surface area contributed by atoms with Crippen LogP contribution in [0.3, 0.4) is 0 Å². The van der Waals surface area contributed by atoms with Crippen LogP contribution in [0, 0.1) is 0 Å². The Morgan fingerprint density at radius 1 is 0.453 bits per heavy atom. The minimum absolute atomic E-state index is 0.0902. The summed E-state index contributed by atoms with van der Waals surface area (Å²) in [6, 6.07) is 0. The molecule has 0 aliphatic heterocycles. The summed E-state index contributed by atoms with van der Waals surface area (Å²) in [5.74, 6) is -0.651. The van der Waals surface area contributed by atoms with Crippen LogP contribution in [-0.4, -0.2) is 36.4 Å². The second-order valence-corrected chi connectivity index (χ2v) is 14.0. The van der Waals surface area contributed by atoms with Crippen LogP contribution < -0.4 is 0 Å². The molecule has 0 aromatic heterocycles. The van der Waals surface area contributed by atoms with Gasteiger partial charge in [-0.15, -0.1) is 0 Å². The number of esters is 2. The van der Waals surface area contributed by atoms with Crippen LogP contribution in [0.5, 0.6) is 0 Å². The van der Waals surface area contributed by atoms with Crippen LogP contribution in [0.1, 0.15) is 187 Å². The van der Waals surface area contributed by atoms with E-state index in [1.807, 2.05) is 0 Å². The van der Waals surface area contributed by atoms with Crippen molar-refractivity contribution >= 4 is 11.9 Å². The summed E-state index contributed by atoms with van der Waals surface area (Å²) in [5, 5.41) is 9.58. The number of aliphatic hydroxyl groups is 1. The maximum atomic E-state index is 12.2. The van der Waals surface area contributed by atoms with Gasteiger partial charge in [0.15, 0.2) is 6.10 Å². The molecule has 0 heterocycles. The lowest BCUT2D eigenvalue weighted by molar-refractivity contribution is -0.161. The van der Waals surface area contributed by atoms with Gasteiger partial charge >= 0.3 is 11.9 Å². The Balaban J connectivity index is 3.67. The van der Waals surface area contributed by atoms with E-state index in [0.717, 1.165) is 77.0 Å². The summed E-state index contributed by atoms with van der Waals surface area (Å²) < 4.78 is 10.6. The highest BCUT2D eigenvalue weighted by Crippen LogP contribution is 2.12. The van der Waals surface area contributed by atoms with E-state index >= 15 is 0 Å². The fourth-order valence-electron chi connectivity index (χ4n) is 5.67. The van der Waals surface area contributed by atoms with Gasteiger partial charge in [0.1, 0.15) is 6.61 Å². The van der Waals surface area contributed by atoms with E-state index < -0.39 is 6.10 Å². The summed E-state index contributed by atoms with van der Waals surface area (Å²) >= 11 is 0. The van der Waals surface area contributed by atoms with Crippen LogP contribution in [0.15, 0.2) is 85.1 Å². The number of carbonyl (C=O) groups is 2. The Morgan fingerprint density at radius 3 is 1.28 bits per heavy atom. The smallest absolute Gasteiger partial charge is 0.306 e. The van der Waals surface area contributed by atoms with Crippen molar-refractivity contribution < 1.29 is 24.2 Å². The molecule has 0 bridgehead atoms. The predicted octanol–water partition coefficient (Wildman–Crippen LogP) is 13.9. The molecule has 1 atom stereocenters. The molecule has 0 aromatic rings. The van der Waals surface area contributed by atoms with Crippen molar-refractivity contribution in [3.63, 3.8) is 0 Å². The Labute approximate surface area is 326 Å². The van der Waals surface area contributed by atoms with Gasteiger partial charge in [-0.2, -0.15) is 0 Å². The normalized spacial score (nSPS) is 13.0.